The number of benzene rings is 3. The van der Waals surface area contributed by atoms with Gasteiger partial charge in [-0.25, -0.2) is 4.79 Å². The smallest absolute Gasteiger partial charge is 0.322 e. The van der Waals surface area contributed by atoms with E-state index in [0.29, 0.717) is 23.5 Å². The standard InChI is InChI=1S/C28H24N4O4/c1-17-14-20(22-7-4-5-9-24(22)30-17)16-36-21-12-10-18(11-13-21)26(33)29-15-19-6-2-3-8-23(19)25-27(34)32-28(35)31-25/h2-14,25H,15-16H2,1H3,(H,29,33)(H2,31,32,34,35). The van der Waals surface area contributed by atoms with E-state index < -0.39 is 18.0 Å². The van der Waals surface area contributed by atoms with E-state index >= 15 is 0 Å². The minimum absolute atomic E-state index is 0.210. The summed E-state index contributed by atoms with van der Waals surface area (Å²) in [5, 5.41) is 8.75. The maximum absolute atomic E-state index is 12.7. The van der Waals surface area contributed by atoms with Crippen LogP contribution in [-0.4, -0.2) is 22.8 Å². The van der Waals surface area contributed by atoms with Crippen LogP contribution in [0.5, 0.6) is 5.75 Å². The van der Waals surface area contributed by atoms with Gasteiger partial charge in [-0.3, -0.25) is 19.9 Å². The average molecular weight is 481 g/mol. The van der Waals surface area contributed by atoms with Crippen LogP contribution in [0.25, 0.3) is 10.9 Å². The zero-order valence-corrected chi connectivity index (χ0v) is 19.6. The molecule has 0 radical (unpaired) electrons. The maximum atomic E-state index is 12.7. The fourth-order valence-corrected chi connectivity index (χ4v) is 4.27. The molecule has 180 valence electrons. The van der Waals surface area contributed by atoms with E-state index in [1.165, 1.54) is 0 Å². The molecular weight excluding hydrogens is 456 g/mol. The highest BCUT2D eigenvalue weighted by atomic mass is 16.5. The van der Waals surface area contributed by atoms with Gasteiger partial charge in [0.05, 0.1) is 5.52 Å². The molecule has 1 saturated heterocycles. The molecule has 0 aliphatic carbocycles. The number of aryl methyl sites for hydroxylation is 1. The Bertz CT molecular complexity index is 1470. The first-order chi connectivity index (χ1) is 17.5. The predicted molar refractivity (Wildman–Crippen MR) is 134 cm³/mol. The highest BCUT2D eigenvalue weighted by molar-refractivity contribution is 6.04. The molecule has 36 heavy (non-hydrogen) atoms. The monoisotopic (exact) mass is 480 g/mol. The van der Waals surface area contributed by atoms with Gasteiger partial charge < -0.3 is 15.4 Å². The van der Waals surface area contributed by atoms with Crippen LogP contribution in [0.3, 0.4) is 0 Å². The summed E-state index contributed by atoms with van der Waals surface area (Å²) in [6, 6.07) is 22.8. The molecule has 4 amide bonds. The number of para-hydroxylation sites is 1. The lowest BCUT2D eigenvalue weighted by Gasteiger charge is -2.14. The highest BCUT2D eigenvalue weighted by Crippen LogP contribution is 2.22. The molecule has 0 bridgehead atoms. The highest BCUT2D eigenvalue weighted by Gasteiger charge is 2.32. The number of fused-ring (bicyclic) bond motifs is 1. The number of nitrogens with one attached hydrogen (secondary N) is 3. The first-order valence-electron chi connectivity index (χ1n) is 11.5. The van der Waals surface area contributed by atoms with Crippen molar-refractivity contribution in [1.82, 2.24) is 20.9 Å². The van der Waals surface area contributed by atoms with Crippen LogP contribution in [0.4, 0.5) is 4.79 Å². The number of pyridine rings is 1. The third kappa shape index (κ3) is 4.88. The van der Waals surface area contributed by atoms with E-state index in [1.807, 2.05) is 49.4 Å². The Hall–Kier alpha value is -4.72. The summed E-state index contributed by atoms with van der Waals surface area (Å²) in [6.45, 7) is 2.55. The number of nitrogens with zero attached hydrogens (tertiary/aromatic N) is 1. The summed E-state index contributed by atoms with van der Waals surface area (Å²) in [4.78, 5) is 40.9. The van der Waals surface area contributed by atoms with Gasteiger partial charge in [0, 0.05) is 28.8 Å². The van der Waals surface area contributed by atoms with Crippen molar-refractivity contribution in [3.63, 3.8) is 0 Å². The van der Waals surface area contributed by atoms with Crippen LogP contribution in [0, 0.1) is 6.92 Å². The molecule has 8 heteroatoms. The molecule has 8 nitrogen and oxygen atoms in total. The fraction of sp³-hybridized carbons (Fsp3) is 0.143. The Balaban J connectivity index is 1.22. The largest absolute Gasteiger partial charge is 0.489 e. The molecular formula is C28H24N4O4. The topological polar surface area (TPSA) is 109 Å². The molecule has 1 aliphatic rings. The number of aromatic nitrogens is 1. The van der Waals surface area contributed by atoms with Gasteiger partial charge >= 0.3 is 6.03 Å². The lowest BCUT2D eigenvalue weighted by atomic mass is 10.00. The minimum Gasteiger partial charge on any atom is -0.489 e. The molecule has 3 N–H and O–H groups in total. The molecule has 3 aromatic carbocycles. The Morgan fingerprint density at radius 2 is 1.72 bits per heavy atom. The van der Waals surface area contributed by atoms with Crippen molar-refractivity contribution in [2.75, 3.05) is 0 Å². The third-order valence-electron chi connectivity index (χ3n) is 6.02. The number of rotatable bonds is 7. The Morgan fingerprint density at radius 3 is 2.50 bits per heavy atom. The van der Waals surface area contributed by atoms with Crippen molar-refractivity contribution in [3.05, 3.63) is 107 Å². The van der Waals surface area contributed by atoms with Crippen LogP contribution in [-0.2, 0) is 17.9 Å². The van der Waals surface area contributed by atoms with E-state index in [1.54, 1.807) is 36.4 Å². The molecule has 1 unspecified atom stereocenters. The van der Waals surface area contributed by atoms with Gasteiger partial charge in [0.1, 0.15) is 18.4 Å². The number of hydrogen-bond acceptors (Lipinski definition) is 5. The van der Waals surface area contributed by atoms with Gasteiger partial charge in [-0.05, 0) is 54.4 Å². The minimum atomic E-state index is -0.775. The van der Waals surface area contributed by atoms with Crippen LogP contribution in [0.2, 0.25) is 0 Å². The molecule has 5 rings (SSSR count). The summed E-state index contributed by atoms with van der Waals surface area (Å²) < 4.78 is 5.98. The van der Waals surface area contributed by atoms with Crippen molar-refractivity contribution in [2.45, 2.75) is 26.1 Å². The molecule has 1 atom stereocenters. The van der Waals surface area contributed by atoms with Gasteiger partial charge in [-0.2, -0.15) is 0 Å². The number of carbonyl (C=O) groups is 3. The summed E-state index contributed by atoms with van der Waals surface area (Å²) in [5.41, 5.74) is 4.77. The van der Waals surface area contributed by atoms with Crippen LogP contribution in [0.15, 0.2) is 78.9 Å². The lowest BCUT2D eigenvalue weighted by Crippen LogP contribution is -2.26. The zero-order valence-electron chi connectivity index (χ0n) is 19.6. The van der Waals surface area contributed by atoms with Crippen LogP contribution >= 0.6 is 0 Å². The Labute approximate surface area is 207 Å². The predicted octanol–water partition coefficient (Wildman–Crippen LogP) is 3.93. The number of hydrogen-bond donors (Lipinski definition) is 3. The van der Waals surface area contributed by atoms with E-state index in [0.717, 1.165) is 27.7 Å². The van der Waals surface area contributed by atoms with Gasteiger partial charge in [-0.15, -0.1) is 0 Å². The van der Waals surface area contributed by atoms with Gasteiger partial charge in [0.15, 0.2) is 0 Å². The number of imide groups is 1. The molecule has 1 fully saturated rings. The summed E-state index contributed by atoms with van der Waals surface area (Å²) in [6.07, 6.45) is 0. The first kappa shape index (κ1) is 23.0. The zero-order chi connectivity index (χ0) is 25.1. The second-order valence-corrected chi connectivity index (χ2v) is 8.53. The summed E-state index contributed by atoms with van der Waals surface area (Å²) >= 11 is 0. The van der Waals surface area contributed by atoms with Crippen molar-refractivity contribution < 1.29 is 19.1 Å². The van der Waals surface area contributed by atoms with Gasteiger partial charge in [0.2, 0.25) is 0 Å². The Morgan fingerprint density at radius 1 is 0.972 bits per heavy atom. The van der Waals surface area contributed by atoms with Crippen LogP contribution < -0.4 is 20.7 Å². The molecule has 0 spiro atoms. The van der Waals surface area contributed by atoms with Crippen molar-refractivity contribution >= 4 is 28.7 Å². The van der Waals surface area contributed by atoms with Crippen LogP contribution in [0.1, 0.15) is 38.8 Å². The first-order valence-corrected chi connectivity index (χ1v) is 11.5. The fourth-order valence-electron chi connectivity index (χ4n) is 4.27. The van der Waals surface area contributed by atoms with Crippen molar-refractivity contribution in [1.29, 1.82) is 0 Å². The molecule has 1 aromatic heterocycles. The number of urea groups is 1. The van der Waals surface area contributed by atoms with E-state index in [9.17, 15) is 14.4 Å². The van der Waals surface area contributed by atoms with Gasteiger partial charge in [0.25, 0.3) is 11.8 Å². The Kier molecular flexibility index (Phi) is 6.32. The SMILES string of the molecule is Cc1cc(COc2ccc(C(=O)NCc3ccccc3C3NC(=O)NC3=O)cc2)c2ccccc2n1. The summed E-state index contributed by atoms with van der Waals surface area (Å²) in [5.74, 6) is -0.0188. The molecule has 4 aromatic rings. The second kappa shape index (κ2) is 9.87. The molecule has 0 saturated carbocycles. The van der Waals surface area contributed by atoms with E-state index in [-0.39, 0.29) is 12.5 Å². The molecule has 2 heterocycles. The van der Waals surface area contributed by atoms with E-state index in [2.05, 4.69) is 20.9 Å². The van der Waals surface area contributed by atoms with Crippen molar-refractivity contribution in [2.24, 2.45) is 0 Å². The maximum Gasteiger partial charge on any atom is 0.322 e. The number of ether oxygens (including phenoxy) is 1. The van der Waals surface area contributed by atoms with Crippen molar-refractivity contribution in [3.8, 4) is 5.75 Å². The summed E-state index contributed by atoms with van der Waals surface area (Å²) in [7, 11) is 0. The normalized spacial score (nSPS) is 14.9. The van der Waals surface area contributed by atoms with Gasteiger partial charge in [-0.1, -0.05) is 42.5 Å². The molecule has 1 aliphatic heterocycles. The number of carbonyl (C=O) groups excluding carboxylic acids is 3. The lowest BCUT2D eigenvalue weighted by molar-refractivity contribution is -0.120. The second-order valence-electron chi connectivity index (χ2n) is 8.53. The quantitative estimate of drug-likeness (QED) is 0.347. The average Bonchev–Trinajstić information content (AvgIpc) is 3.23. The van der Waals surface area contributed by atoms with E-state index in [4.69, 9.17) is 4.74 Å². The number of amides is 4. The third-order valence-corrected chi connectivity index (χ3v) is 6.02.